The molecule has 1 amide bonds. The molecule has 8 heteroatoms. The van der Waals surface area contributed by atoms with Gasteiger partial charge in [-0.25, -0.2) is 12.8 Å². The van der Waals surface area contributed by atoms with Gasteiger partial charge in [0.2, 0.25) is 15.9 Å². The standard InChI is InChI=1S/C19H23FN2O4S/c1-14(22(27(3,24)25)17-6-4-5-16(20)13-17)19(23)21-12-11-15-7-9-18(26-2)10-8-15/h4-10,13-14H,11-12H2,1-3H3,(H,21,23)/t14-/m1/s1. The van der Waals surface area contributed by atoms with E-state index in [0.717, 1.165) is 27.9 Å². The molecule has 6 nitrogen and oxygen atoms in total. The Balaban J connectivity index is 2.04. The number of carbonyl (C=O) groups excluding carboxylic acids is 1. The number of nitrogens with one attached hydrogen (secondary N) is 1. The van der Waals surface area contributed by atoms with Gasteiger partial charge in [0.1, 0.15) is 17.6 Å². The van der Waals surface area contributed by atoms with E-state index >= 15 is 0 Å². The van der Waals surface area contributed by atoms with E-state index in [1.807, 2.05) is 24.3 Å². The summed E-state index contributed by atoms with van der Waals surface area (Å²) in [5.74, 6) is -0.290. The zero-order valence-corrected chi connectivity index (χ0v) is 16.3. The number of methoxy groups -OCH3 is 1. The molecule has 0 bridgehead atoms. The lowest BCUT2D eigenvalue weighted by Gasteiger charge is -2.28. The average molecular weight is 394 g/mol. The van der Waals surface area contributed by atoms with Crippen LogP contribution in [0.5, 0.6) is 5.75 Å². The van der Waals surface area contributed by atoms with Crippen LogP contribution in [0.15, 0.2) is 48.5 Å². The molecule has 0 aliphatic rings. The molecule has 1 atom stereocenters. The summed E-state index contributed by atoms with van der Waals surface area (Å²) >= 11 is 0. The second-order valence-corrected chi connectivity index (χ2v) is 7.96. The largest absolute Gasteiger partial charge is 0.497 e. The molecular formula is C19H23FN2O4S. The SMILES string of the molecule is COc1ccc(CCNC(=O)[C@@H](C)N(c2cccc(F)c2)S(C)(=O)=O)cc1. The molecular weight excluding hydrogens is 371 g/mol. The number of amides is 1. The number of sulfonamides is 1. The summed E-state index contributed by atoms with van der Waals surface area (Å²) in [5.41, 5.74) is 1.11. The molecule has 0 aliphatic heterocycles. The molecule has 1 N–H and O–H groups in total. The normalized spacial score (nSPS) is 12.3. The molecule has 0 radical (unpaired) electrons. The van der Waals surface area contributed by atoms with Crippen molar-refractivity contribution in [2.75, 3.05) is 24.2 Å². The van der Waals surface area contributed by atoms with Crippen molar-refractivity contribution in [2.45, 2.75) is 19.4 Å². The van der Waals surface area contributed by atoms with Crippen molar-refractivity contribution >= 4 is 21.6 Å². The van der Waals surface area contributed by atoms with Crippen LogP contribution in [0.4, 0.5) is 10.1 Å². The maximum absolute atomic E-state index is 13.5. The third kappa shape index (κ3) is 5.68. The fourth-order valence-corrected chi connectivity index (χ4v) is 3.86. The molecule has 0 aliphatic carbocycles. The Bertz CT molecular complexity index is 885. The highest BCUT2D eigenvalue weighted by Crippen LogP contribution is 2.21. The topological polar surface area (TPSA) is 75.7 Å². The Labute approximate surface area is 159 Å². The highest BCUT2D eigenvalue weighted by Gasteiger charge is 2.29. The highest BCUT2D eigenvalue weighted by atomic mass is 32.2. The predicted molar refractivity (Wildman–Crippen MR) is 103 cm³/mol. The van der Waals surface area contributed by atoms with Gasteiger partial charge in [-0.3, -0.25) is 9.10 Å². The smallest absolute Gasteiger partial charge is 0.243 e. The summed E-state index contributed by atoms with van der Waals surface area (Å²) in [7, 11) is -2.19. The fourth-order valence-electron chi connectivity index (χ4n) is 2.69. The third-order valence-corrected chi connectivity index (χ3v) is 5.26. The number of carbonyl (C=O) groups is 1. The molecule has 2 aromatic rings. The van der Waals surface area contributed by atoms with Crippen molar-refractivity contribution in [3.63, 3.8) is 0 Å². The van der Waals surface area contributed by atoms with Crippen molar-refractivity contribution in [1.29, 1.82) is 0 Å². The van der Waals surface area contributed by atoms with Crippen molar-refractivity contribution < 1.29 is 22.3 Å². The van der Waals surface area contributed by atoms with E-state index in [2.05, 4.69) is 5.32 Å². The van der Waals surface area contributed by atoms with E-state index < -0.39 is 27.8 Å². The van der Waals surface area contributed by atoms with Gasteiger partial charge < -0.3 is 10.1 Å². The molecule has 27 heavy (non-hydrogen) atoms. The number of nitrogens with zero attached hydrogens (tertiary/aromatic N) is 1. The van der Waals surface area contributed by atoms with Crippen LogP contribution < -0.4 is 14.4 Å². The zero-order chi connectivity index (χ0) is 20.0. The monoisotopic (exact) mass is 394 g/mol. The quantitative estimate of drug-likeness (QED) is 0.746. The van der Waals surface area contributed by atoms with E-state index in [1.165, 1.54) is 25.1 Å². The molecule has 2 aromatic carbocycles. The Morgan fingerprint density at radius 2 is 1.89 bits per heavy atom. The summed E-state index contributed by atoms with van der Waals surface area (Å²) in [4.78, 5) is 12.4. The first kappa shape index (κ1) is 20.7. The maximum Gasteiger partial charge on any atom is 0.243 e. The van der Waals surface area contributed by atoms with Crippen molar-refractivity contribution in [2.24, 2.45) is 0 Å². The van der Waals surface area contributed by atoms with Gasteiger partial charge in [0.15, 0.2) is 0 Å². The van der Waals surface area contributed by atoms with Crippen LogP contribution in [-0.2, 0) is 21.2 Å². The van der Waals surface area contributed by atoms with Gasteiger partial charge in [-0.15, -0.1) is 0 Å². The molecule has 2 rings (SSSR count). The van der Waals surface area contributed by atoms with Crippen LogP contribution in [0.2, 0.25) is 0 Å². The minimum Gasteiger partial charge on any atom is -0.497 e. The number of hydrogen-bond acceptors (Lipinski definition) is 4. The Kier molecular flexibility index (Phi) is 6.79. The molecule has 0 unspecified atom stereocenters. The first-order valence-corrected chi connectivity index (χ1v) is 10.2. The van der Waals surface area contributed by atoms with Crippen LogP contribution >= 0.6 is 0 Å². The summed E-state index contributed by atoms with van der Waals surface area (Å²) in [6.45, 7) is 1.81. The second kappa shape index (κ2) is 8.85. The van der Waals surface area contributed by atoms with E-state index in [1.54, 1.807) is 7.11 Å². The summed E-state index contributed by atoms with van der Waals surface area (Å²) in [6.07, 6.45) is 1.57. The molecule has 0 saturated carbocycles. The van der Waals surface area contributed by atoms with Crippen molar-refractivity contribution in [1.82, 2.24) is 5.32 Å². The van der Waals surface area contributed by atoms with E-state index in [-0.39, 0.29) is 5.69 Å². The van der Waals surface area contributed by atoms with Gasteiger partial charge in [-0.1, -0.05) is 18.2 Å². The molecule has 0 saturated heterocycles. The van der Waals surface area contributed by atoms with Gasteiger partial charge in [0, 0.05) is 6.54 Å². The number of halogens is 1. The van der Waals surface area contributed by atoms with Gasteiger partial charge in [-0.05, 0) is 49.2 Å². The lowest BCUT2D eigenvalue weighted by atomic mass is 10.1. The van der Waals surface area contributed by atoms with Gasteiger partial charge in [0.05, 0.1) is 19.1 Å². The Morgan fingerprint density at radius 1 is 1.22 bits per heavy atom. The molecule has 0 heterocycles. The van der Waals surface area contributed by atoms with Crippen LogP contribution in [-0.4, -0.2) is 40.3 Å². The first-order chi connectivity index (χ1) is 12.7. The molecule has 0 aromatic heterocycles. The van der Waals surface area contributed by atoms with Gasteiger partial charge >= 0.3 is 0 Å². The van der Waals surface area contributed by atoms with Crippen molar-refractivity contribution in [3.8, 4) is 5.75 Å². The third-order valence-electron chi connectivity index (χ3n) is 4.02. The summed E-state index contributed by atoms with van der Waals surface area (Å²) in [6, 6.07) is 11.6. The van der Waals surface area contributed by atoms with Crippen molar-refractivity contribution in [3.05, 3.63) is 59.9 Å². The number of anilines is 1. The highest BCUT2D eigenvalue weighted by molar-refractivity contribution is 7.92. The van der Waals surface area contributed by atoms with Crippen LogP contribution in [0.3, 0.4) is 0 Å². The molecule has 0 fully saturated rings. The number of benzene rings is 2. The summed E-state index contributed by atoms with van der Waals surface area (Å²) < 4.78 is 43.8. The van der Waals surface area contributed by atoms with Crippen LogP contribution in [0.1, 0.15) is 12.5 Å². The average Bonchev–Trinajstić information content (AvgIpc) is 2.61. The van der Waals surface area contributed by atoms with Crippen LogP contribution in [0, 0.1) is 5.82 Å². The first-order valence-electron chi connectivity index (χ1n) is 8.38. The minimum atomic E-state index is -3.77. The minimum absolute atomic E-state index is 0.107. The number of hydrogen-bond donors (Lipinski definition) is 1. The van der Waals surface area contributed by atoms with E-state index in [9.17, 15) is 17.6 Å². The lowest BCUT2D eigenvalue weighted by molar-refractivity contribution is -0.121. The second-order valence-electron chi connectivity index (χ2n) is 6.10. The van der Waals surface area contributed by atoms with Gasteiger partial charge in [0.25, 0.3) is 0 Å². The van der Waals surface area contributed by atoms with E-state index in [0.29, 0.717) is 13.0 Å². The predicted octanol–water partition coefficient (Wildman–Crippen LogP) is 2.35. The van der Waals surface area contributed by atoms with E-state index in [4.69, 9.17) is 4.74 Å². The molecule has 146 valence electrons. The molecule has 0 spiro atoms. The van der Waals surface area contributed by atoms with Gasteiger partial charge in [-0.2, -0.15) is 0 Å². The Hall–Kier alpha value is -2.61. The maximum atomic E-state index is 13.5. The van der Waals surface area contributed by atoms with Crippen LogP contribution in [0.25, 0.3) is 0 Å². The number of ether oxygens (including phenoxy) is 1. The number of rotatable bonds is 8. The Morgan fingerprint density at radius 3 is 2.44 bits per heavy atom. The summed E-state index contributed by atoms with van der Waals surface area (Å²) in [5, 5.41) is 2.73. The lowest BCUT2D eigenvalue weighted by Crippen LogP contribution is -2.48. The fraction of sp³-hybridized carbons (Fsp3) is 0.316. The zero-order valence-electron chi connectivity index (χ0n) is 15.5.